The lowest BCUT2D eigenvalue weighted by Crippen LogP contribution is -2.21. The number of hydrogen-bond acceptors (Lipinski definition) is 5. The highest BCUT2D eigenvalue weighted by Crippen LogP contribution is 2.36. The number of hydrogen-bond donors (Lipinski definition) is 1. The van der Waals surface area contributed by atoms with E-state index in [9.17, 15) is 4.79 Å². The Hall–Kier alpha value is -1.58. The van der Waals surface area contributed by atoms with E-state index in [1.165, 1.54) is 4.57 Å². The van der Waals surface area contributed by atoms with Crippen LogP contribution in [-0.4, -0.2) is 19.1 Å². The van der Waals surface area contributed by atoms with E-state index < -0.39 is 0 Å². The Morgan fingerprint density at radius 1 is 1.60 bits per heavy atom. The molecule has 0 saturated carbocycles. The van der Waals surface area contributed by atoms with Crippen molar-refractivity contribution in [2.45, 2.75) is 19.6 Å². The van der Waals surface area contributed by atoms with Crippen molar-refractivity contribution in [3.63, 3.8) is 0 Å². The Bertz CT molecular complexity index is 750. The molecule has 1 N–H and O–H groups in total. The van der Waals surface area contributed by atoms with Crippen LogP contribution in [0.3, 0.4) is 0 Å². The van der Waals surface area contributed by atoms with E-state index in [1.807, 2.05) is 22.9 Å². The van der Waals surface area contributed by atoms with Crippen LogP contribution in [0, 0.1) is 5.92 Å². The predicted octanol–water partition coefficient (Wildman–Crippen LogP) is 1.96. The van der Waals surface area contributed by atoms with Crippen molar-refractivity contribution in [3.8, 4) is 0 Å². The zero-order valence-electron chi connectivity index (χ0n) is 11.1. The molecule has 0 aromatic carbocycles. The molecule has 1 aliphatic rings. The SMILES string of the molecule is C=C1CC(C)C(n2cnc3c(=O)n(C)c(NI)nc32)O1. The minimum absolute atomic E-state index is 0.183. The van der Waals surface area contributed by atoms with Crippen molar-refractivity contribution in [1.29, 1.82) is 0 Å². The fourth-order valence-corrected chi connectivity index (χ4v) is 2.93. The predicted molar refractivity (Wildman–Crippen MR) is 83.5 cm³/mol. The van der Waals surface area contributed by atoms with Crippen LogP contribution in [-0.2, 0) is 11.8 Å². The highest BCUT2D eigenvalue weighted by atomic mass is 127. The molecule has 1 aliphatic heterocycles. The molecule has 2 unspecified atom stereocenters. The summed E-state index contributed by atoms with van der Waals surface area (Å²) in [6.45, 7) is 5.93. The average Bonchev–Trinajstić information content (AvgIpc) is 2.96. The van der Waals surface area contributed by atoms with E-state index in [4.69, 9.17) is 4.74 Å². The zero-order chi connectivity index (χ0) is 14.4. The molecule has 2 atom stereocenters. The van der Waals surface area contributed by atoms with E-state index in [2.05, 4.69) is 27.0 Å². The standard InChI is InChI=1S/C12H14IN5O2/c1-6-4-7(2)20-11(6)18-5-14-8-9(18)15-12(16-13)17(3)10(8)19/h5-6,11H,2,4H2,1,3H3,(H,15,16). The maximum absolute atomic E-state index is 12.2. The van der Waals surface area contributed by atoms with Gasteiger partial charge in [0.25, 0.3) is 5.56 Å². The number of anilines is 1. The number of rotatable bonds is 2. The van der Waals surface area contributed by atoms with E-state index in [-0.39, 0.29) is 17.7 Å². The molecule has 20 heavy (non-hydrogen) atoms. The molecule has 3 heterocycles. The van der Waals surface area contributed by atoms with Crippen LogP contribution in [0.25, 0.3) is 11.2 Å². The number of nitrogens with one attached hydrogen (secondary N) is 1. The van der Waals surface area contributed by atoms with Gasteiger partial charge >= 0.3 is 0 Å². The fourth-order valence-electron chi connectivity index (χ4n) is 2.44. The molecule has 8 heteroatoms. The lowest BCUT2D eigenvalue weighted by Gasteiger charge is -2.17. The Kier molecular flexibility index (Phi) is 3.19. The van der Waals surface area contributed by atoms with Crippen LogP contribution in [0.4, 0.5) is 5.95 Å². The lowest BCUT2D eigenvalue weighted by atomic mass is 10.1. The van der Waals surface area contributed by atoms with Gasteiger partial charge in [0.15, 0.2) is 17.4 Å². The molecule has 0 spiro atoms. The molecule has 7 nitrogen and oxygen atoms in total. The number of nitrogens with zero attached hydrogens (tertiary/aromatic N) is 4. The summed E-state index contributed by atoms with van der Waals surface area (Å²) >= 11 is 1.95. The van der Waals surface area contributed by atoms with Crippen LogP contribution < -0.4 is 9.09 Å². The van der Waals surface area contributed by atoms with Crippen molar-refractivity contribution in [2.24, 2.45) is 13.0 Å². The van der Waals surface area contributed by atoms with Gasteiger partial charge in [0.05, 0.1) is 28.6 Å². The molecule has 0 bridgehead atoms. The Morgan fingerprint density at radius 2 is 2.35 bits per heavy atom. The van der Waals surface area contributed by atoms with Gasteiger partial charge in [0.2, 0.25) is 5.95 Å². The smallest absolute Gasteiger partial charge is 0.282 e. The second kappa shape index (κ2) is 4.76. The second-order valence-electron chi connectivity index (χ2n) is 4.95. The summed E-state index contributed by atoms with van der Waals surface area (Å²) in [5, 5.41) is 0. The molecule has 1 saturated heterocycles. The summed E-state index contributed by atoms with van der Waals surface area (Å²) in [5.41, 5.74) is 0.687. The number of halogens is 1. The maximum atomic E-state index is 12.2. The van der Waals surface area contributed by atoms with Gasteiger partial charge in [-0.1, -0.05) is 13.5 Å². The van der Waals surface area contributed by atoms with Gasteiger partial charge in [0.1, 0.15) is 6.33 Å². The quantitative estimate of drug-likeness (QED) is 0.630. The molecular weight excluding hydrogens is 373 g/mol. The monoisotopic (exact) mass is 387 g/mol. The molecule has 0 amide bonds. The van der Waals surface area contributed by atoms with Crippen molar-refractivity contribution in [3.05, 3.63) is 29.0 Å². The largest absolute Gasteiger partial charge is 0.475 e. The van der Waals surface area contributed by atoms with Crippen LogP contribution in [0.15, 0.2) is 23.5 Å². The molecule has 3 rings (SSSR count). The van der Waals surface area contributed by atoms with Crippen LogP contribution in [0.2, 0.25) is 0 Å². The van der Waals surface area contributed by atoms with Crippen LogP contribution in [0.5, 0.6) is 0 Å². The molecule has 1 fully saturated rings. The third-order valence-corrected chi connectivity index (χ3v) is 3.97. The van der Waals surface area contributed by atoms with Crippen molar-refractivity contribution in [1.82, 2.24) is 19.1 Å². The number of fused-ring (bicyclic) bond motifs is 1. The van der Waals surface area contributed by atoms with Crippen molar-refractivity contribution >= 4 is 40.0 Å². The number of aromatic nitrogens is 4. The number of imidazole rings is 1. The summed E-state index contributed by atoms with van der Waals surface area (Å²) in [6, 6.07) is 0. The van der Waals surface area contributed by atoms with Gasteiger partial charge in [-0.15, -0.1) is 0 Å². The van der Waals surface area contributed by atoms with Gasteiger partial charge in [-0.05, 0) is 0 Å². The minimum atomic E-state index is -0.214. The third-order valence-electron chi connectivity index (χ3n) is 3.49. The summed E-state index contributed by atoms with van der Waals surface area (Å²) < 4.78 is 11.8. The summed E-state index contributed by atoms with van der Waals surface area (Å²) in [4.78, 5) is 20.9. The van der Waals surface area contributed by atoms with Gasteiger partial charge in [0, 0.05) is 19.4 Å². The van der Waals surface area contributed by atoms with E-state index in [0.717, 1.165) is 12.2 Å². The van der Waals surface area contributed by atoms with Gasteiger partial charge in [-0.25, -0.2) is 4.98 Å². The summed E-state index contributed by atoms with van der Waals surface area (Å²) in [7, 11) is 1.66. The fraction of sp³-hybridized carbons (Fsp3) is 0.417. The lowest BCUT2D eigenvalue weighted by molar-refractivity contribution is 0.0745. The first-order valence-corrected chi connectivity index (χ1v) is 7.25. The average molecular weight is 387 g/mol. The van der Waals surface area contributed by atoms with Gasteiger partial charge in [-0.3, -0.25) is 17.5 Å². The van der Waals surface area contributed by atoms with Crippen molar-refractivity contribution < 1.29 is 4.74 Å². The summed E-state index contributed by atoms with van der Waals surface area (Å²) in [5.74, 6) is 1.50. The second-order valence-corrected chi connectivity index (χ2v) is 5.49. The highest BCUT2D eigenvalue weighted by Gasteiger charge is 2.31. The van der Waals surface area contributed by atoms with Crippen LogP contribution in [0.1, 0.15) is 19.6 Å². The topological polar surface area (TPSA) is 74.0 Å². The molecule has 2 aromatic rings. The first kappa shape index (κ1) is 13.4. The van der Waals surface area contributed by atoms with Crippen molar-refractivity contribution in [2.75, 3.05) is 3.53 Å². The van der Waals surface area contributed by atoms with Crippen LogP contribution >= 0.6 is 22.9 Å². The highest BCUT2D eigenvalue weighted by molar-refractivity contribution is 14.1. The minimum Gasteiger partial charge on any atom is -0.475 e. The van der Waals surface area contributed by atoms with E-state index in [1.54, 1.807) is 17.9 Å². The zero-order valence-corrected chi connectivity index (χ0v) is 13.3. The van der Waals surface area contributed by atoms with Gasteiger partial charge in [-0.2, -0.15) is 4.98 Å². The maximum Gasteiger partial charge on any atom is 0.282 e. The Morgan fingerprint density at radius 3 is 2.95 bits per heavy atom. The van der Waals surface area contributed by atoms with E-state index >= 15 is 0 Å². The number of ether oxygens (including phenoxy) is 1. The molecule has 106 valence electrons. The summed E-state index contributed by atoms with van der Waals surface area (Å²) in [6.07, 6.45) is 2.19. The molecular formula is C12H14IN5O2. The Balaban J connectivity index is 2.21. The molecule has 2 aromatic heterocycles. The van der Waals surface area contributed by atoms with Gasteiger partial charge < -0.3 is 4.74 Å². The normalized spacial score (nSPS) is 22.2. The molecule has 0 radical (unpaired) electrons. The first-order chi connectivity index (χ1) is 9.52. The first-order valence-electron chi connectivity index (χ1n) is 6.17. The Labute approximate surface area is 129 Å². The molecule has 0 aliphatic carbocycles. The van der Waals surface area contributed by atoms with E-state index in [0.29, 0.717) is 17.1 Å². The number of allylic oxidation sites excluding steroid dienone is 1. The third kappa shape index (κ3) is 1.89.